The Balaban J connectivity index is 1.57. The Morgan fingerprint density at radius 2 is 1.89 bits per heavy atom. The molecule has 2 aromatic rings. The number of allylic oxidation sites excluding steroid dienone is 2. The van der Waals surface area contributed by atoms with Crippen LogP contribution in [0, 0.1) is 5.82 Å². The molecule has 0 atom stereocenters. The molecule has 3 aliphatic rings. The van der Waals surface area contributed by atoms with E-state index in [1.54, 1.807) is 6.07 Å². The van der Waals surface area contributed by atoms with Gasteiger partial charge in [0.15, 0.2) is 0 Å². The number of fused-ring (bicyclic) bond motifs is 1. The van der Waals surface area contributed by atoms with Crippen LogP contribution in [0.5, 0.6) is 0 Å². The molecule has 3 aliphatic heterocycles. The highest BCUT2D eigenvalue weighted by Gasteiger charge is 2.54. The Kier molecular flexibility index (Phi) is 6.47. The molecule has 0 saturated carbocycles. The molecule has 6 nitrogen and oxygen atoms in total. The lowest BCUT2D eigenvalue weighted by Gasteiger charge is -2.22. The number of benzene rings is 2. The summed E-state index contributed by atoms with van der Waals surface area (Å²) < 4.78 is 14.8. The van der Waals surface area contributed by atoms with Gasteiger partial charge < -0.3 is 5.32 Å². The second-order valence-corrected chi connectivity index (χ2v) is 9.75. The van der Waals surface area contributed by atoms with E-state index in [4.69, 9.17) is 0 Å². The normalized spacial score (nSPS) is 19.4. The molecular weight excluding hydrogens is 455 g/mol. The number of hydrogen-bond donors (Lipinski definition) is 2. The molecule has 1 fully saturated rings. The third kappa shape index (κ3) is 4.34. The molecule has 0 aromatic heterocycles. The molecule has 5 rings (SSSR count). The molecule has 0 unspecified atom stereocenters. The van der Waals surface area contributed by atoms with Gasteiger partial charge in [-0.15, -0.1) is 0 Å². The Labute approximate surface area is 211 Å². The molecule has 1 saturated heterocycles. The number of quaternary nitrogens is 2. The average molecular weight is 489 g/mol. The molecule has 0 aliphatic carbocycles. The number of nitrogens with two attached hydrogens (primary N) is 1. The van der Waals surface area contributed by atoms with Crippen LogP contribution < -0.4 is 10.6 Å². The second kappa shape index (κ2) is 9.58. The van der Waals surface area contributed by atoms with Crippen molar-refractivity contribution in [3.05, 3.63) is 88.5 Å². The molecule has 186 valence electrons. The van der Waals surface area contributed by atoms with Crippen molar-refractivity contribution in [1.29, 1.82) is 0 Å². The van der Waals surface area contributed by atoms with Gasteiger partial charge in [-0.2, -0.15) is 0 Å². The summed E-state index contributed by atoms with van der Waals surface area (Å²) in [5, 5.41) is 4.87. The summed E-state index contributed by atoms with van der Waals surface area (Å²) in [6.45, 7) is 11.4. The maximum Gasteiger partial charge on any atom is 0.352 e. The zero-order valence-corrected chi connectivity index (χ0v) is 21.1. The minimum absolute atomic E-state index is 0.0832. The van der Waals surface area contributed by atoms with E-state index in [0.717, 1.165) is 61.9 Å². The molecule has 36 heavy (non-hydrogen) atoms. The number of nitrogens with zero attached hydrogens (tertiary/aromatic N) is 2. The number of para-hydroxylation sites is 1. The number of amides is 2. The molecular formula is C29H33FN4O2+2. The van der Waals surface area contributed by atoms with Crippen LogP contribution in [0.3, 0.4) is 0 Å². The van der Waals surface area contributed by atoms with Gasteiger partial charge >= 0.3 is 5.91 Å². The monoisotopic (exact) mass is 488 g/mol. The average Bonchev–Trinajstić information content (AvgIpc) is 3.50. The van der Waals surface area contributed by atoms with Crippen LogP contribution in [0.4, 0.5) is 10.1 Å². The lowest BCUT2D eigenvalue weighted by atomic mass is 9.94. The molecule has 2 amide bonds. The van der Waals surface area contributed by atoms with Gasteiger partial charge in [0.2, 0.25) is 0 Å². The highest BCUT2D eigenvalue weighted by Crippen LogP contribution is 2.38. The third-order valence-corrected chi connectivity index (χ3v) is 7.58. The summed E-state index contributed by atoms with van der Waals surface area (Å²) in [6.07, 6.45) is 1.84. The molecule has 7 heteroatoms. The van der Waals surface area contributed by atoms with Crippen LogP contribution in [-0.4, -0.2) is 60.5 Å². The SMILES string of the molecule is CCN(CC)CC[N+]1(C(=O)C2=C(C)[NH2+]C(/C=C3\C(=O)Nc4ccccc43)=C2c2cccc(F)c2)CC1. The van der Waals surface area contributed by atoms with Gasteiger partial charge in [-0.3, -0.25) is 15.0 Å². The minimum atomic E-state index is -0.357. The topological polar surface area (TPSA) is 66.0 Å². The summed E-state index contributed by atoms with van der Waals surface area (Å²) in [7, 11) is 0. The Bertz CT molecular complexity index is 1330. The van der Waals surface area contributed by atoms with Gasteiger partial charge in [-0.25, -0.2) is 13.7 Å². The van der Waals surface area contributed by atoms with Crippen molar-refractivity contribution in [2.24, 2.45) is 0 Å². The van der Waals surface area contributed by atoms with Crippen LogP contribution in [-0.2, 0) is 9.59 Å². The summed E-state index contributed by atoms with van der Waals surface area (Å²) in [5.74, 6) is -0.453. The standard InChI is InChI=1S/C29H31FN4O2/c1-4-33(5-2)13-14-34(15-16-34)29(36)26-19(3)31-25(27(26)20-9-8-10-21(30)17-20)18-23-22-11-6-7-12-24(22)32-28(23)35/h6-12,17-18H,4-5,13-16H2,1-3H3,(H-,31,32,35,36)/p+2. The number of carbonyl (C=O) groups excluding carboxylic acids is 2. The number of nitrogens with one attached hydrogen (secondary N) is 1. The Hall–Kier alpha value is -3.39. The first-order valence-electron chi connectivity index (χ1n) is 12.7. The number of hydrogen-bond acceptors (Lipinski definition) is 3. The predicted molar refractivity (Wildman–Crippen MR) is 139 cm³/mol. The number of carbonyl (C=O) groups is 2. The zero-order chi connectivity index (χ0) is 25.4. The molecule has 2 aromatic carbocycles. The predicted octanol–water partition coefficient (Wildman–Crippen LogP) is 3.12. The maximum atomic E-state index is 14.3. The summed E-state index contributed by atoms with van der Waals surface area (Å²) in [6, 6.07) is 13.9. The number of likely N-dealkylation sites (N-methyl/N-ethyl adjacent to an activating group) is 1. The van der Waals surface area contributed by atoms with Crippen molar-refractivity contribution < 1.29 is 23.8 Å². The fourth-order valence-corrected chi connectivity index (χ4v) is 5.26. The highest BCUT2D eigenvalue weighted by molar-refractivity contribution is 6.32. The van der Waals surface area contributed by atoms with Gasteiger partial charge in [-0.05, 0) is 36.9 Å². The van der Waals surface area contributed by atoms with E-state index in [1.807, 2.05) is 48.6 Å². The first kappa shape index (κ1) is 24.3. The van der Waals surface area contributed by atoms with E-state index in [-0.39, 0.29) is 17.6 Å². The van der Waals surface area contributed by atoms with Crippen LogP contribution in [0.1, 0.15) is 31.9 Å². The number of anilines is 1. The van der Waals surface area contributed by atoms with Crippen molar-refractivity contribution in [1.82, 2.24) is 4.90 Å². The third-order valence-electron chi connectivity index (χ3n) is 7.58. The van der Waals surface area contributed by atoms with Crippen LogP contribution >= 0.6 is 0 Å². The summed E-state index contributed by atoms with van der Waals surface area (Å²) >= 11 is 0. The lowest BCUT2D eigenvalue weighted by molar-refractivity contribution is -0.716. The van der Waals surface area contributed by atoms with Gasteiger partial charge in [-0.1, -0.05) is 44.2 Å². The largest absolute Gasteiger partial charge is 0.352 e. The van der Waals surface area contributed by atoms with E-state index < -0.39 is 0 Å². The smallest absolute Gasteiger partial charge is 0.321 e. The van der Waals surface area contributed by atoms with E-state index in [0.29, 0.717) is 26.8 Å². The molecule has 0 bridgehead atoms. The van der Waals surface area contributed by atoms with E-state index in [9.17, 15) is 14.0 Å². The first-order chi connectivity index (χ1) is 17.4. The molecule has 3 N–H and O–H groups in total. The van der Waals surface area contributed by atoms with Crippen LogP contribution in [0.25, 0.3) is 11.1 Å². The van der Waals surface area contributed by atoms with E-state index in [2.05, 4.69) is 24.1 Å². The Morgan fingerprint density at radius 3 is 2.58 bits per heavy atom. The van der Waals surface area contributed by atoms with Gasteiger partial charge in [0.05, 0.1) is 17.7 Å². The van der Waals surface area contributed by atoms with Crippen molar-refractivity contribution >= 4 is 28.6 Å². The highest BCUT2D eigenvalue weighted by atomic mass is 19.1. The zero-order valence-electron chi connectivity index (χ0n) is 21.1. The summed E-state index contributed by atoms with van der Waals surface area (Å²) in [4.78, 5) is 29.3. The van der Waals surface area contributed by atoms with E-state index in [1.165, 1.54) is 12.1 Å². The molecule has 0 spiro atoms. The van der Waals surface area contributed by atoms with E-state index >= 15 is 0 Å². The number of halogens is 1. The lowest BCUT2D eigenvalue weighted by Crippen LogP contribution is -2.77. The maximum absolute atomic E-state index is 14.3. The van der Waals surface area contributed by atoms with Crippen molar-refractivity contribution in [3.8, 4) is 0 Å². The quantitative estimate of drug-likeness (QED) is 0.341. The van der Waals surface area contributed by atoms with Crippen molar-refractivity contribution in [2.45, 2.75) is 20.8 Å². The molecule has 3 heterocycles. The van der Waals surface area contributed by atoms with Crippen LogP contribution in [0.15, 0.2) is 71.6 Å². The van der Waals surface area contributed by atoms with Crippen LogP contribution in [0.2, 0.25) is 0 Å². The van der Waals surface area contributed by atoms with Gasteiger partial charge in [0.1, 0.15) is 35.9 Å². The van der Waals surface area contributed by atoms with Crippen molar-refractivity contribution in [2.75, 3.05) is 44.6 Å². The summed E-state index contributed by atoms with van der Waals surface area (Å²) in [5.41, 5.74) is 5.74. The fraction of sp³-hybridized carbons (Fsp3) is 0.310. The second-order valence-electron chi connectivity index (χ2n) is 9.75. The van der Waals surface area contributed by atoms with Crippen molar-refractivity contribution in [3.63, 3.8) is 0 Å². The van der Waals surface area contributed by atoms with Gasteiger partial charge in [0, 0.05) is 30.8 Å². The Morgan fingerprint density at radius 1 is 1.14 bits per heavy atom. The molecule has 0 radical (unpaired) electrons. The minimum Gasteiger partial charge on any atom is -0.321 e. The van der Waals surface area contributed by atoms with Gasteiger partial charge in [0.25, 0.3) is 5.91 Å². The first-order valence-corrected chi connectivity index (χ1v) is 12.7. The fourth-order valence-electron chi connectivity index (χ4n) is 5.26. The number of rotatable bonds is 8.